The summed E-state index contributed by atoms with van der Waals surface area (Å²) in [6.07, 6.45) is 9.65. The minimum Gasteiger partial charge on any atom is -0.481 e. The smallest absolute Gasteiger partial charge is 0.353 e. The molecule has 4 aromatic carbocycles. The molecule has 2 N–H and O–H groups in total. The Balaban J connectivity index is 0.000000213. The van der Waals surface area contributed by atoms with Gasteiger partial charge in [0.2, 0.25) is 21.8 Å². The van der Waals surface area contributed by atoms with Crippen LogP contribution >= 0.6 is 0 Å². The first-order chi connectivity index (χ1) is 34.4. The van der Waals surface area contributed by atoms with Crippen molar-refractivity contribution >= 4 is 65.6 Å². The van der Waals surface area contributed by atoms with Crippen LogP contribution in [0.15, 0.2) is 143 Å². The van der Waals surface area contributed by atoms with Crippen LogP contribution in [0, 0.1) is 11.6 Å². The molecule has 0 spiro atoms. The van der Waals surface area contributed by atoms with Gasteiger partial charge in [0.15, 0.2) is 0 Å². The van der Waals surface area contributed by atoms with Gasteiger partial charge in [-0.3, -0.25) is 4.79 Å². The van der Waals surface area contributed by atoms with Gasteiger partial charge in [0, 0.05) is 72.6 Å². The molecule has 6 aromatic heterocycles. The van der Waals surface area contributed by atoms with Crippen molar-refractivity contribution in [3.8, 4) is 34.0 Å². The molecular formula is C54H53F2N5O10S. The topological polar surface area (TPSA) is 190 Å². The quantitative estimate of drug-likeness (QED) is 0.125. The Kier molecular flexibility index (Phi) is 14.8. The second-order valence-electron chi connectivity index (χ2n) is 16.3. The summed E-state index contributed by atoms with van der Waals surface area (Å²) in [6, 6.07) is 30.3. The lowest BCUT2D eigenvalue weighted by Gasteiger charge is -2.13. The van der Waals surface area contributed by atoms with Gasteiger partial charge in [-0.15, -0.1) is 0 Å². The van der Waals surface area contributed by atoms with E-state index in [9.17, 15) is 31.9 Å². The van der Waals surface area contributed by atoms with Crippen LogP contribution in [0.25, 0.3) is 66.0 Å². The first-order valence-electron chi connectivity index (χ1n) is 22.2. The fourth-order valence-corrected chi connectivity index (χ4v) is 9.28. The maximum absolute atomic E-state index is 14.7. The molecule has 0 unspecified atom stereocenters. The maximum Gasteiger partial charge on any atom is 0.353 e. The van der Waals surface area contributed by atoms with Gasteiger partial charge in [0.05, 0.1) is 67.9 Å². The summed E-state index contributed by atoms with van der Waals surface area (Å²) in [5.41, 5.74) is 4.67. The number of rotatable bonds is 11. The van der Waals surface area contributed by atoms with Crippen molar-refractivity contribution in [3.63, 3.8) is 0 Å². The second kappa shape index (κ2) is 21.3. The zero-order valence-corrected chi connectivity index (χ0v) is 39.3. The lowest BCUT2D eigenvalue weighted by molar-refractivity contribution is 0.0686. The van der Waals surface area contributed by atoms with E-state index in [2.05, 4.69) is 14.7 Å². The minimum absolute atomic E-state index is 0. The molecule has 1 aliphatic heterocycles. The van der Waals surface area contributed by atoms with Crippen LogP contribution in [0.5, 0.6) is 11.8 Å². The predicted octanol–water partition coefficient (Wildman–Crippen LogP) is 11.6. The minimum atomic E-state index is -3.91. The number of carbonyl (C=O) groups is 2. The molecule has 10 aromatic rings. The first kappa shape index (κ1) is 50.1. The van der Waals surface area contributed by atoms with Crippen LogP contribution in [-0.4, -0.2) is 78.2 Å². The summed E-state index contributed by atoms with van der Waals surface area (Å²) in [6.45, 7) is 2.00. The van der Waals surface area contributed by atoms with Crippen LogP contribution < -0.4 is 14.2 Å². The highest BCUT2D eigenvalue weighted by Crippen LogP contribution is 2.44. The number of carboxylic acids is 1. The lowest BCUT2D eigenvalue weighted by Crippen LogP contribution is -2.31. The lowest BCUT2D eigenvalue weighted by atomic mass is 10.0. The first-order valence-corrected chi connectivity index (χ1v) is 24.1. The van der Waals surface area contributed by atoms with E-state index in [0.717, 1.165) is 30.2 Å². The number of ether oxygens (including phenoxy) is 3. The molecule has 0 aliphatic carbocycles. The van der Waals surface area contributed by atoms with E-state index in [-0.39, 0.29) is 40.6 Å². The summed E-state index contributed by atoms with van der Waals surface area (Å²) < 4.78 is 85.8. The van der Waals surface area contributed by atoms with Gasteiger partial charge >= 0.3 is 5.97 Å². The number of benzene rings is 4. The predicted molar refractivity (Wildman–Crippen MR) is 274 cm³/mol. The number of hydrogen-bond acceptors (Lipinski definition) is 11. The van der Waals surface area contributed by atoms with E-state index in [1.165, 1.54) is 45.5 Å². The maximum atomic E-state index is 14.7. The van der Waals surface area contributed by atoms with E-state index in [4.69, 9.17) is 23.0 Å². The fourth-order valence-electron chi connectivity index (χ4n) is 8.84. The summed E-state index contributed by atoms with van der Waals surface area (Å²) in [4.78, 5) is 34.5. The number of aromatic nitrogens is 4. The molecule has 18 heteroatoms. The number of methoxy groups -OCH3 is 2. The van der Waals surface area contributed by atoms with Crippen molar-refractivity contribution in [2.75, 3.05) is 33.7 Å². The monoisotopic (exact) mass is 1000 g/mol. The Bertz CT molecular complexity index is 3730. The Morgan fingerprint density at radius 3 is 1.56 bits per heavy atom. The molecule has 11 rings (SSSR count). The number of fused-ring (bicyclic) bond motifs is 6. The SMILES string of the molecule is C.C1CCOC1.COc1ncccc1-c1c(C(=O)NS(C)(=O)=O)n(Cc2ccccc2F)c2ccc3ccoc3c12.COc1ncccc1-c1c(C(=O)O)n(Cc2ccccc2F)c2ccc3ccoc3c12.[HH].[HH]. The molecule has 0 saturated carbocycles. The number of furan rings is 2. The van der Waals surface area contributed by atoms with Crippen molar-refractivity contribution in [2.45, 2.75) is 33.4 Å². The third kappa shape index (κ3) is 9.86. The molecule has 0 bridgehead atoms. The van der Waals surface area contributed by atoms with Gasteiger partial charge in [-0.05, 0) is 85.6 Å². The largest absolute Gasteiger partial charge is 0.481 e. The van der Waals surface area contributed by atoms with Gasteiger partial charge < -0.3 is 37.3 Å². The van der Waals surface area contributed by atoms with Gasteiger partial charge in [-0.25, -0.2) is 36.7 Å². The fraction of sp³-hybridized carbons (Fsp3) is 0.185. The van der Waals surface area contributed by atoms with E-state index in [1.54, 1.807) is 101 Å². The number of carboxylic acid groups (broad SMARTS) is 1. The van der Waals surface area contributed by atoms with Crippen LogP contribution in [0.3, 0.4) is 0 Å². The van der Waals surface area contributed by atoms with Gasteiger partial charge in [0.1, 0.15) is 34.2 Å². The molecule has 1 aliphatic rings. The van der Waals surface area contributed by atoms with Gasteiger partial charge in [-0.2, -0.15) is 0 Å². The summed E-state index contributed by atoms with van der Waals surface area (Å²) in [7, 11) is -0.983. The molecule has 1 fully saturated rings. The molecule has 72 heavy (non-hydrogen) atoms. The van der Waals surface area contributed by atoms with Crippen molar-refractivity contribution in [1.29, 1.82) is 0 Å². The van der Waals surface area contributed by atoms with Crippen LogP contribution in [0.1, 0.15) is 55.2 Å². The molecular weight excluding hydrogens is 949 g/mol. The van der Waals surface area contributed by atoms with Crippen LogP contribution in [-0.2, 0) is 27.8 Å². The number of nitrogens with zero attached hydrogens (tertiary/aromatic N) is 4. The molecule has 15 nitrogen and oxygen atoms in total. The van der Waals surface area contributed by atoms with Crippen molar-refractivity contribution in [2.24, 2.45) is 0 Å². The highest BCUT2D eigenvalue weighted by molar-refractivity contribution is 7.89. The third-order valence-electron chi connectivity index (χ3n) is 11.9. The number of halogens is 2. The number of nitrogens with one attached hydrogen (secondary N) is 1. The van der Waals surface area contributed by atoms with E-state index in [1.807, 2.05) is 24.3 Å². The zero-order valence-electron chi connectivity index (χ0n) is 38.5. The number of sulfonamides is 1. The normalized spacial score (nSPS) is 12.2. The van der Waals surface area contributed by atoms with Crippen molar-refractivity contribution in [3.05, 3.63) is 168 Å². The van der Waals surface area contributed by atoms with Crippen LogP contribution in [0.4, 0.5) is 8.78 Å². The molecule has 0 radical (unpaired) electrons. The average Bonchev–Trinajstić information content (AvgIpc) is 4.23. The van der Waals surface area contributed by atoms with E-state index < -0.39 is 33.5 Å². The number of carbonyl (C=O) groups excluding carboxylic acids is 1. The molecule has 0 atom stereocenters. The number of amides is 1. The summed E-state index contributed by atoms with van der Waals surface area (Å²) in [5.74, 6) is -2.36. The number of pyridine rings is 2. The second-order valence-corrected chi connectivity index (χ2v) is 18.1. The average molecular weight is 1000 g/mol. The number of hydrogen-bond donors (Lipinski definition) is 2. The standard InChI is InChI=1S/C25H20FN3O5S.C24H17FN2O4.C4H8O.CH4.2H2/c1-33-25-17(7-5-12-27-25)20-21-19(10-9-15-11-13-34-23(15)21)29(14-16-6-3-4-8-18(16)26)22(20)24(30)28-35(2,31)32;1-30-23-16(6-4-11-26-23)19-20-18(9-8-14-10-12-31-22(14)20)27(21(19)24(28)29)13-15-5-2-3-7-17(15)25;1-2-4-5-3-1;;;/h3-13H,14H2,1-2H3,(H,28,30);2-12H,13H2,1H3,(H,28,29);1-4H2;1H4;2*1H. The highest BCUT2D eigenvalue weighted by atomic mass is 32.2. The van der Waals surface area contributed by atoms with Gasteiger partial charge in [0.25, 0.3) is 5.91 Å². The van der Waals surface area contributed by atoms with Crippen LogP contribution in [0.2, 0.25) is 0 Å². The zero-order chi connectivity index (χ0) is 49.8. The Labute approximate surface area is 415 Å². The molecule has 1 amide bonds. The van der Waals surface area contributed by atoms with Crippen molar-refractivity contribution < 1.29 is 57.8 Å². The Hall–Kier alpha value is -8.35. The summed E-state index contributed by atoms with van der Waals surface area (Å²) in [5, 5.41) is 13.0. The van der Waals surface area contributed by atoms with Crippen molar-refractivity contribution in [1.82, 2.24) is 23.8 Å². The number of aromatic carboxylic acids is 1. The molecule has 374 valence electrons. The molecule has 1 saturated heterocycles. The third-order valence-corrected chi connectivity index (χ3v) is 12.4. The highest BCUT2D eigenvalue weighted by Gasteiger charge is 2.31. The van der Waals surface area contributed by atoms with E-state index >= 15 is 0 Å². The Morgan fingerprint density at radius 1 is 0.681 bits per heavy atom. The van der Waals surface area contributed by atoms with Gasteiger partial charge in [-0.1, -0.05) is 43.8 Å². The Morgan fingerprint density at radius 2 is 1.14 bits per heavy atom. The molecule has 7 heterocycles. The van der Waals surface area contributed by atoms with E-state index in [0.29, 0.717) is 72.2 Å². The summed E-state index contributed by atoms with van der Waals surface area (Å²) >= 11 is 0.